The molecule has 1 aliphatic rings. The molecule has 2 atom stereocenters. The predicted octanol–water partition coefficient (Wildman–Crippen LogP) is 1.03. The molecule has 0 spiro atoms. The van der Waals surface area contributed by atoms with Crippen molar-refractivity contribution >= 4 is 11.7 Å². The fraction of sp³-hybridized carbons (Fsp3) is 0.333. The summed E-state index contributed by atoms with van der Waals surface area (Å²) in [7, 11) is 0. The zero-order valence-corrected chi connectivity index (χ0v) is 14.3. The minimum absolute atomic E-state index is 0.0797. The van der Waals surface area contributed by atoms with Gasteiger partial charge in [-0.3, -0.25) is 19.6 Å². The second kappa shape index (κ2) is 6.38. The highest BCUT2D eigenvalue weighted by Crippen LogP contribution is 2.35. The summed E-state index contributed by atoms with van der Waals surface area (Å²) >= 11 is 0. The molecule has 8 nitrogen and oxygen atoms in total. The predicted molar refractivity (Wildman–Crippen MR) is 93.9 cm³/mol. The SMILES string of the molecule is Cc1ccccc1[C@@H]1CN(Cc2cc(=O)n3[nH]cnc3n2)C[C@H]1C(=O)O. The first-order valence-corrected chi connectivity index (χ1v) is 8.45. The van der Waals surface area contributed by atoms with Crippen LogP contribution in [0.15, 0.2) is 41.5 Å². The number of nitrogens with zero attached hydrogens (tertiary/aromatic N) is 4. The highest BCUT2D eigenvalue weighted by atomic mass is 16.4. The maximum absolute atomic E-state index is 12.1. The third-order valence-corrected chi connectivity index (χ3v) is 5.01. The number of carboxylic acid groups (broad SMARTS) is 1. The largest absolute Gasteiger partial charge is 0.481 e. The molecule has 0 amide bonds. The molecule has 0 saturated carbocycles. The van der Waals surface area contributed by atoms with E-state index in [2.05, 4.69) is 15.1 Å². The number of aromatic amines is 1. The molecule has 1 fully saturated rings. The smallest absolute Gasteiger partial charge is 0.308 e. The van der Waals surface area contributed by atoms with E-state index in [-0.39, 0.29) is 11.5 Å². The average Bonchev–Trinajstić information content (AvgIpc) is 3.22. The van der Waals surface area contributed by atoms with E-state index in [9.17, 15) is 14.7 Å². The van der Waals surface area contributed by atoms with Crippen LogP contribution in [0.4, 0.5) is 0 Å². The summed E-state index contributed by atoms with van der Waals surface area (Å²) in [5, 5.41) is 12.4. The number of hydrogen-bond acceptors (Lipinski definition) is 5. The zero-order valence-electron chi connectivity index (χ0n) is 14.3. The summed E-state index contributed by atoms with van der Waals surface area (Å²) in [5.74, 6) is -1.04. The number of fused-ring (bicyclic) bond motifs is 1. The maximum atomic E-state index is 12.1. The van der Waals surface area contributed by atoms with Crippen LogP contribution in [0, 0.1) is 12.8 Å². The van der Waals surface area contributed by atoms with E-state index in [1.807, 2.05) is 36.1 Å². The molecule has 1 aliphatic heterocycles. The van der Waals surface area contributed by atoms with Gasteiger partial charge in [-0.2, -0.15) is 4.52 Å². The van der Waals surface area contributed by atoms with Gasteiger partial charge in [0, 0.05) is 31.6 Å². The summed E-state index contributed by atoms with van der Waals surface area (Å²) in [4.78, 5) is 34.3. The summed E-state index contributed by atoms with van der Waals surface area (Å²) in [6.07, 6.45) is 1.41. The Balaban J connectivity index is 1.60. The molecule has 3 aromatic rings. The van der Waals surface area contributed by atoms with Crippen LogP contribution >= 0.6 is 0 Å². The highest BCUT2D eigenvalue weighted by molar-refractivity contribution is 5.72. The second-order valence-corrected chi connectivity index (χ2v) is 6.71. The minimum Gasteiger partial charge on any atom is -0.481 e. The van der Waals surface area contributed by atoms with Gasteiger partial charge in [-0.1, -0.05) is 24.3 Å². The summed E-state index contributed by atoms with van der Waals surface area (Å²) < 4.78 is 1.27. The van der Waals surface area contributed by atoms with Crippen molar-refractivity contribution in [2.24, 2.45) is 5.92 Å². The van der Waals surface area contributed by atoms with Crippen LogP contribution in [-0.4, -0.2) is 48.6 Å². The number of aryl methyl sites for hydroxylation is 1. The Labute approximate surface area is 149 Å². The molecule has 2 aromatic heterocycles. The number of carbonyl (C=O) groups is 1. The van der Waals surface area contributed by atoms with Crippen LogP contribution in [0.1, 0.15) is 22.7 Å². The molecule has 1 saturated heterocycles. The molecule has 134 valence electrons. The number of H-pyrrole nitrogens is 1. The number of hydrogen-bond donors (Lipinski definition) is 2. The Morgan fingerprint density at radius 2 is 2.15 bits per heavy atom. The van der Waals surface area contributed by atoms with Gasteiger partial charge < -0.3 is 5.11 Å². The van der Waals surface area contributed by atoms with Crippen molar-refractivity contribution in [2.75, 3.05) is 13.1 Å². The fourth-order valence-electron chi connectivity index (χ4n) is 3.76. The summed E-state index contributed by atoms with van der Waals surface area (Å²) in [6, 6.07) is 9.36. The van der Waals surface area contributed by atoms with Gasteiger partial charge in [0.25, 0.3) is 11.3 Å². The van der Waals surface area contributed by atoms with E-state index in [4.69, 9.17) is 0 Å². The maximum Gasteiger partial charge on any atom is 0.308 e. The minimum atomic E-state index is -0.795. The zero-order chi connectivity index (χ0) is 18.3. The molecule has 0 radical (unpaired) electrons. The highest BCUT2D eigenvalue weighted by Gasteiger charge is 2.39. The van der Waals surface area contributed by atoms with Crippen molar-refractivity contribution in [3.63, 3.8) is 0 Å². The van der Waals surface area contributed by atoms with Gasteiger partial charge in [-0.05, 0) is 18.1 Å². The summed E-state index contributed by atoms with van der Waals surface area (Å²) in [6.45, 7) is 3.47. The van der Waals surface area contributed by atoms with Gasteiger partial charge in [-0.15, -0.1) is 0 Å². The second-order valence-electron chi connectivity index (χ2n) is 6.71. The lowest BCUT2D eigenvalue weighted by molar-refractivity contribution is -0.141. The average molecular weight is 353 g/mol. The molecule has 2 N–H and O–H groups in total. The van der Waals surface area contributed by atoms with E-state index < -0.39 is 11.9 Å². The molecular formula is C18H19N5O3. The van der Waals surface area contributed by atoms with Crippen molar-refractivity contribution < 1.29 is 9.90 Å². The van der Waals surface area contributed by atoms with Crippen LogP contribution in [0.25, 0.3) is 5.78 Å². The molecular weight excluding hydrogens is 334 g/mol. The first-order chi connectivity index (χ1) is 12.5. The van der Waals surface area contributed by atoms with Crippen molar-refractivity contribution in [1.29, 1.82) is 0 Å². The number of carboxylic acids is 1. The van der Waals surface area contributed by atoms with E-state index >= 15 is 0 Å². The van der Waals surface area contributed by atoms with E-state index in [0.717, 1.165) is 11.1 Å². The Morgan fingerprint density at radius 3 is 2.92 bits per heavy atom. The standard InChI is InChI=1S/C18H19N5O3/c1-11-4-2-3-5-13(11)14-8-22(9-15(14)17(25)26)7-12-6-16(24)23-18(21-12)19-10-20-23/h2-6,10,14-15H,7-9H2,1H3,(H,25,26)(H,19,20,21)/t14-,15+/m0/s1. The Kier molecular flexibility index (Phi) is 4.04. The quantitative estimate of drug-likeness (QED) is 0.726. The van der Waals surface area contributed by atoms with E-state index in [0.29, 0.717) is 31.1 Å². The van der Waals surface area contributed by atoms with Gasteiger partial charge in [0.2, 0.25) is 0 Å². The first kappa shape index (κ1) is 16.5. The lowest BCUT2D eigenvalue weighted by Crippen LogP contribution is -2.25. The van der Waals surface area contributed by atoms with Crippen LogP contribution in [0.3, 0.4) is 0 Å². The lowest BCUT2D eigenvalue weighted by atomic mass is 9.86. The van der Waals surface area contributed by atoms with Crippen LogP contribution in [-0.2, 0) is 11.3 Å². The number of aliphatic carboxylic acids is 1. The van der Waals surface area contributed by atoms with Crippen molar-refractivity contribution in [2.45, 2.75) is 19.4 Å². The number of rotatable bonds is 4. The first-order valence-electron chi connectivity index (χ1n) is 8.45. The van der Waals surface area contributed by atoms with Crippen LogP contribution in [0.2, 0.25) is 0 Å². The number of likely N-dealkylation sites (tertiary alicyclic amines) is 1. The van der Waals surface area contributed by atoms with Crippen molar-refractivity contribution in [3.8, 4) is 0 Å². The molecule has 8 heteroatoms. The third-order valence-electron chi connectivity index (χ3n) is 5.01. The van der Waals surface area contributed by atoms with Gasteiger partial charge >= 0.3 is 5.97 Å². The third kappa shape index (κ3) is 2.88. The lowest BCUT2D eigenvalue weighted by Gasteiger charge is -2.17. The number of aromatic nitrogens is 4. The molecule has 0 unspecified atom stereocenters. The van der Waals surface area contributed by atoms with Gasteiger partial charge in [0.15, 0.2) is 0 Å². The van der Waals surface area contributed by atoms with Crippen LogP contribution in [0.5, 0.6) is 0 Å². The van der Waals surface area contributed by atoms with Crippen molar-refractivity contribution in [3.05, 3.63) is 63.8 Å². The molecule has 3 heterocycles. The van der Waals surface area contributed by atoms with Crippen LogP contribution < -0.4 is 5.56 Å². The summed E-state index contributed by atoms with van der Waals surface area (Å²) in [5.41, 5.74) is 2.53. The molecule has 1 aromatic carbocycles. The fourth-order valence-corrected chi connectivity index (χ4v) is 3.76. The molecule has 4 rings (SSSR count). The van der Waals surface area contributed by atoms with E-state index in [1.54, 1.807) is 0 Å². The number of nitrogens with one attached hydrogen (secondary N) is 1. The van der Waals surface area contributed by atoms with E-state index in [1.165, 1.54) is 16.9 Å². The Hall–Kier alpha value is -3.00. The van der Waals surface area contributed by atoms with Crippen molar-refractivity contribution in [1.82, 2.24) is 24.5 Å². The molecule has 0 bridgehead atoms. The normalized spacial score (nSPS) is 20.7. The Bertz CT molecular complexity index is 1020. The number of benzene rings is 1. The van der Waals surface area contributed by atoms with Gasteiger partial charge in [-0.25, -0.2) is 9.97 Å². The topological polar surface area (TPSA) is 104 Å². The van der Waals surface area contributed by atoms with Gasteiger partial charge in [0.1, 0.15) is 6.33 Å². The Morgan fingerprint density at radius 1 is 1.35 bits per heavy atom. The van der Waals surface area contributed by atoms with Gasteiger partial charge in [0.05, 0.1) is 11.6 Å². The molecule has 0 aliphatic carbocycles. The molecule has 26 heavy (non-hydrogen) atoms. The monoisotopic (exact) mass is 353 g/mol.